The number of hydrogen-bond donors (Lipinski definition) is 1. The lowest BCUT2D eigenvalue weighted by Gasteiger charge is -2.37. The fourth-order valence-corrected chi connectivity index (χ4v) is 3.32. The quantitative estimate of drug-likeness (QED) is 0.851. The number of hydrogen-bond acceptors (Lipinski definition) is 2. The summed E-state index contributed by atoms with van der Waals surface area (Å²) in [5.74, 6) is 0. The van der Waals surface area contributed by atoms with Gasteiger partial charge in [0.2, 0.25) is 0 Å². The fourth-order valence-electron chi connectivity index (χ4n) is 3.15. The monoisotopic (exact) mass is 357 g/mol. The summed E-state index contributed by atoms with van der Waals surface area (Å²) in [7, 11) is 0. The number of aryl methyl sites for hydroxylation is 2. The third-order valence-corrected chi connectivity index (χ3v) is 5.19. The van der Waals surface area contributed by atoms with Gasteiger partial charge in [0, 0.05) is 42.6 Å². The first-order valence-electron chi connectivity index (χ1n) is 8.59. The highest BCUT2D eigenvalue weighted by atomic mass is 35.5. The largest absolute Gasteiger partial charge is 0.368 e. The number of rotatable bonds is 2. The highest BCUT2D eigenvalue weighted by molar-refractivity contribution is 6.31. The Morgan fingerprint density at radius 2 is 1.76 bits per heavy atom. The lowest BCUT2D eigenvalue weighted by atomic mass is 10.1. The molecule has 1 aliphatic rings. The number of piperazine rings is 1. The van der Waals surface area contributed by atoms with Crippen molar-refractivity contribution in [3.05, 3.63) is 58.1 Å². The molecule has 2 aromatic carbocycles. The van der Waals surface area contributed by atoms with Gasteiger partial charge in [-0.05, 0) is 55.7 Å². The number of anilines is 2. The third-order valence-electron chi connectivity index (χ3n) is 4.78. The molecule has 25 heavy (non-hydrogen) atoms. The van der Waals surface area contributed by atoms with Gasteiger partial charge >= 0.3 is 6.03 Å². The minimum Gasteiger partial charge on any atom is -0.368 e. The Balaban J connectivity index is 1.63. The fraction of sp³-hybridized carbons (Fsp3) is 0.350. The minimum atomic E-state index is -0.0639. The first-order chi connectivity index (χ1) is 12.0. The molecule has 3 rings (SSSR count). The van der Waals surface area contributed by atoms with Crippen molar-refractivity contribution < 1.29 is 4.79 Å². The van der Waals surface area contributed by atoms with Crippen LogP contribution in [-0.4, -0.2) is 37.1 Å². The molecule has 1 fully saturated rings. The molecular formula is C20H24ClN3O. The molecule has 0 unspecified atom stereocenters. The molecule has 4 nitrogen and oxygen atoms in total. The van der Waals surface area contributed by atoms with Crippen LogP contribution in [0.3, 0.4) is 0 Å². The summed E-state index contributed by atoms with van der Waals surface area (Å²) >= 11 is 6.13. The highest BCUT2D eigenvalue weighted by Crippen LogP contribution is 2.25. The van der Waals surface area contributed by atoms with Gasteiger partial charge in [0.05, 0.1) is 0 Å². The van der Waals surface area contributed by atoms with Gasteiger partial charge in [-0.3, -0.25) is 0 Å². The van der Waals surface area contributed by atoms with Crippen molar-refractivity contribution in [3.63, 3.8) is 0 Å². The number of urea groups is 1. The summed E-state index contributed by atoms with van der Waals surface area (Å²) in [5, 5.41) is 3.64. The molecule has 1 saturated heterocycles. The van der Waals surface area contributed by atoms with Crippen molar-refractivity contribution in [3.8, 4) is 0 Å². The van der Waals surface area contributed by atoms with Crippen LogP contribution in [0.5, 0.6) is 0 Å². The van der Waals surface area contributed by atoms with E-state index in [9.17, 15) is 4.79 Å². The molecule has 0 atom stereocenters. The molecule has 1 N–H and O–H groups in total. The van der Waals surface area contributed by atoms with E-state index < -0.39 is 0 Å². The lowest BCUT2D eigenvalue weighted by Crippen LogP contribution is -2.50. The maximum atomic E-state index is 12.5. The van der Waals surface area contributed by atoms with Crippen molar-refractivity contribution in [2.24, 2.45) is 0 Å². The van der Waals surface area contributed by atoms with Crippen molar-refractivity contribution >= 4 is 29.0 Å². The molecule has 1 heterocycles. The second-order valence-corrected chi connectivity index (χ2v) is 7.01. The second-order valence-electron chi connectivity index (χ2n) is 6.61. The van der Waals surface area contributed by atoms with Gasteiger partial charge in [0.1, 0.15) is 0 Å². The third kappa shape index (κ3) is 3.90. The van der Waals surface area contributed by atoms with Crippen LogP contribution in [-0.2, 0) is 0 Å². The number of carbonyl (C=O) groups excluding carboxylic acids is 1. The SMILES string of the molecule is Cc1ccc(C)c(N2CCN(C(=O)Nc3cccc(Cl)c3C)CC2)c1. The molecule has 2 amide bonds. The van der Waals surface area contributed by atoms with E-state index in [0.717, 1.165) is 24.3 Å². The highest BCUT2D eigenvalue weighted by Gasteiger charge is 2.22. The van der Waals surface area contributed by atoms with Crippen LogP contribution < -0.4 is 10.2 Å². The molecule has 1 aliphatic heterocycles. The first-order valence-corrected chi connectivity index (χ1v) is 8.97. The van der Waals surface area contributed by atoms with E-state index in [1.165, 1.54) is 16.8 Å². The van der Waals surface area contributed by atoms with E-state index >= 15 is 0 Å². The van der Waals surface area contributed by atoms with E-state index in [0.29, 0.717) is 18.1 Å². The Kier molecular flexibility index (Phi) is 5.19. The number of carbonyl (C=O) groups is 1. The van der Waals surface area contributed by atoms with Gasteiger partial charge < -0.3 is 15.1 Å². The lowest BCUT2D eigenvalue weighted by molar-refractivity contribution is 0.208. The predicted molar refractivity (Wildman–Crippen MR) is 105 cm³/mol. The number of nitrogens with one attached hydrogen (secondary N) is 1. The van der Waals surface area contributed by atoms with Gasteiger partial charge in [-0.15, -0.1) is 0 Å². The number of amides is 2. The van der Waals surface area contributed by atoms with Crippen LogP contribution in [0.25, 0.3) is 0 Å². The number of benzene rings is 2. The smallest absolute Gasteiger partial charge is 0.321 e. The van der Waals surface area contributed by atoms with Crippen molar-refractivity contribution in [1.82, 2.24) is 4.90 Å². The minimum absolute atomic E-state index is 0.0639. The molecule has 0 aliphatic carbocycles. The topological polar surface area (TPSA) is 35.6 Å². The summed E-state index contributed by atoms with van der Waals surface area (Å²) < 4.78 is 0. The molecule has 0 aromatic heterocycles. The van der Waals surface area contributed by atoms with Gasteiger partial charge in [-0.25, -0.2) is 4.79 Å². The van der Waals surface area contributed by atoms with Crippen LogP contribution in [0.1, 0.15) is 16.7 Å². The summed E-state index contributed by atoms with van der Waals surface area (Å²) in [5.41, 5.74) is 5.47. The van der Waals surface area contributed by atoms with Crippen LogP contribution in [0, 0.1) is 20.8 Å². The van der Waals surface area contributed by atoms with E-state index in [1.807, 2.05) is 30.0 Å². The number of nitrogens with zero attached hydrogens (tertiary/aromatic N) is 2. The Bertz CT molecular complexity index is 783. The Labute approximate surface area is 154 Å². The summed E-state index contributed by atoms with van der Waals surface area (Å²) in [6, 6.07) is 12.0. The maximum Gasteiger partial charge on any atom is 0.321 e. The Morgan fingerprint density at radius 1 is 1.04 bits per heavy atom. The van der Waals surface area contributed by atoms with Gasteiger partial charge in [-0.2, -0.15) is 0 Å². The predicted octanol–water partition coefficient (Wildman–Crippen LogP) is 4.62. The summed E-state index contributed by atoms with van der Waals surface area (Å²) in [6.07, 6.45) is 0. The first kappa shape index (κ1) is 17.6. The van der Waals surface area contributed by atoms with E-state index in [-0.39, 0.29) is 6.03 Å². The molecule has 0 spiro atoms. The average molecular weight is 358 g/mol. The molecule has 0 radical (unpaired) electrons. The maximum absolute atomic E-state index is 12.5. The standard InChI is InChI=1S/C20H24ClN3O/c1-14-7-8-15(2)19(13-14)23-9-11-24(12-10-23)20(25)22-18-6-4-5-17(21)16(18)3/h4-8,13H,9-12H2,1-3H3,(H,22,25). The van der Waals surface area contributed by atoms with Crippen molar-refractivity contribution in [2.75, 3.05) is 36.4 Å². The average Bonchev–Trinajstić information content (AvgIpc) is 2.61. The zero-order chi connectivity index (χ0) is 18.0. The Morgan fingerprint density at radius 3 is 2.48 bits per heavy atom. The van der Waals surface area contributed by atoms with Crippen molar-refractivity contribution in [1.29, 1.82) is 0 Å². The van der Waals surface area contributed by atoms with Crippen LogP contribution >= 0.6 is 11.6 Å². The van der Waals surface area contributed by atoms with Gasteiger partial charge in [-0.1, -0.05) is 29.8 Å². The van der Waals surface area contributed by atoms with Gasteiger partial charge in [0.25, 0.3) is 0 Å². The molecule has 0 bridgehead atoms. The van der Waals surface area contributed by atoms with Crippen LogP contribution in [0.4, 0.5) is 16.2 Å². The molecule has 0 saturated carbocycles. The van der Waals surface area contributed by atoms with Crippen molar-refractivity contribution in [2.45, 2.75) is 20.8 Å². The molecule has 2 aromatic rings. The van der Waals surface area contributed by atoms with E-state index in [4.69, 9.17) is 11.6 Å². The second kappa shape index (κ2) is 7.36. The zero-order valence-corrected chi connectivity index (χ0v) is 15.7. The number of halogens is 1. The molecule has 132 valence electrons. The van der Waals surface area contributed by atoms with E-state index in [2.05, 4.69) is 42.3 Å². The Hall–Kier alpha value is -2.20. The molecular weight excluding hydrogens is 334 g/mol. The van der Waals surface area contributed by atoms with Gasteiger partial charge in [0.15, 0.2) is 0 Å². The van der Waals surface area contributed by atoms with Crippen LogP contribution in [0.15, 0.2) is 36.4 Å². The zero-order valence-electron chi connectivity index (χ0n) is 15.0. The van der Waals surface area contributed by atoms with Crippen LogP contribution in [0.2, 0.25) is 5.02 Å². The summed E-state index contributed by atoms with van der Waals surface area (Å²) in [6.45, 7) is 9.25. The summed E-state index contributed by atoms with van der Waals surface area (Å²) in [4.78, 5) is 16.8. The molecule has 5 heteroatoms. The van der Waals surface area contributed by atoms with E-state index in [1.54, 1.807) is 0 Å². The normalized spacial score (nSPS) is 14.6.